The molecule has 1 aliphatic heterocycles. The van der Waals surface area contributed by atoms with Crippen LogP contribution in [0.1, 0.15) is 24.5 Å². The van der Waals surface area contributed by atoms with Gasteiger partial charge in [0, 0.05) is 62.0 Å². The molecule has 1 atom stereocenters. The third kappa shape index (κ3) is 5.14. The largest absolute Gasteiger partial charge is 0.347 e. The highest BCUT2D eigenvalue weighted by Gasteiger charge is 2.28. The minimum Gasteiger partial charge on any atom is -0.347 e. The van der Waals surface area contributed by atoms with Crippen LogP contribution in [0.25, 0.3) is 11.1 Å². The van der Waals surface area contributed by atoms with Crippen molar-refractivity contribution in [3.05, 3.63) is 74.0 Å². The second-order valence-electron chi connectivity index (χ2n) is 8.28. The summed E-state index contributed by atoms with van der Waals surface area (Å²) in [7, 11) is 3.77. The zero-order chi connectivity index (χ0) is 23.5. The van der Waals surface area contributed by atoms with Crippen LogP contribution in [0, 0.1) is 0 Å². The molecular weight excluding hydrogens is 444 g/mol. The van der Waals surface area contributed by atoms with Gasteiger partial charge in [-0.15, -0.1) is 0 Å². The highest BCUT2D eigenvalue weighted by Crippen LogP contribution is 2.34. The molecule has 1 amide bonds. The summed E-state index contributed by atoms with van der Waals surface area (Å²) < 4.78 is 1.04. The maximum atomic E-state index is 13.0. The van der Waals surface area contributed by atoms with Crippen LogP contribution in [-0.4, -0.2) is 57.7 Å². The van der Waals surface area contributed by atoms with Crippen molar-refractivity contribution >= 4 is 23.5 Å². The predicted octanol–water partition coefficient (Wildman–Crippen LogP) is 2.12. The first-order valence-electron chi connectivity index (χ1n) is 10.7. The van der Waals surface area contributed by atoms with Crippen LogP contribution in [-0.2, 0) is 11.3 Å². The predicted molar refractivity (Wildman–Crippen MR) is 127 cm³/mol. The quantitative estimate of drug-likeness (QED) is 0.615. The average Bonchev–Trinajstić information content (AvgIpc) is 2.81. The van der Waals surface area contributed by atoms with Gasteiger partial charge in [-0.25, -0.2) is 14.6 Å². The van der Waals surface area contributed by atoms with Crippen LogP contribution in [0.15, 0.2) is 52.2 Å². The summed E-state index contributed by atoms with van der Waals surface area (Å²) in [5.74, 6) is 0.375. The molecule has 0 aliphatic carbocycles. The zero-order valence-electron chi connectivity index (χ0n) is 18.5. The summed E-state index contributed by atoms with van der Waals surface area (Å²) in [5, 5.41) is 3.06. The molecule has 2 aromatic heterocycles. The molecule has 3 aromatic rings. The Morgan fingerprint density at radius 1 is 1.18 bits per heavy atom. The summed E-state index contributed by atoms with van der Waals surface area (Å²) in [6.45, 7) is 0.844. The number of hydrogen-bond donors (Lipinski definition) is 1. The summed E-state index contributed by atoms with van der Waals surface area (Å²) >= 11 is 6.07. The van der Waals surface area contributed by atoms with Crippen molar-refractivity contribution in [1.29, 1.82) is 0 Å². The Morgan fingerprint density at radius 2 is 1.94 bits per heavy atom. The van der Waals surface area contributed by atoms with Crippen LogP contribution in [0.3, 0.4) is 0 Å². The average molecular weight is 469 g/mol. The first-order chi connectivity index (χ1) is 15.8. The molecule has 10 heteroatoms. The van der Waals surface area contributed by atoms with E-state index in [2.05, 4.69) is 10.1 Å². The zero-order valence-corrected chi connectivity index (χ0v) is 19.2. The Balaban J connectivity index is 1.62. The standard InChI is InChI=1S/C23H25ClN6O3/c1-28(2)23-25-12-18(15-5-7-17(24)8-6-15)22(26-23)16-4-3-11-29(13-16)21(33)14-30-20(32)10-9-19(31)27-30/h5-10,12,16H,3-4,11,13-14H2,1-2H3,(H,27,31)/t16-/m1/s1. The van der Waals surface area contributed by atoms with Gasteiger partial charge in [-0.2, -0.15) is 0 Å². The van der Waals surface area contributed by atoms with Gasteiger partial charge in [-0.3, -0.25) is 19.5 Å². The monoisotopic (exact) mass is 468 g/mol. The van der Waals surface area contributed by atoms with E-state index in [-0.39, 0.29) is 18.4 Å². The number of anilines is 1. The van der Waals surface area contributed by atoms with E-state index in [0.717, 1.165) is 46.5 Å². The van der Waals surface area contributed by atoms with E-state index >= 15 is 0 Å². The Bertz CT molecular complexity index is 1270. The lowest BCUT2D eigenvalue weighted by Gasteiger charge is -2.33. The molecule has 172 valence electrons. The molecule has 0 unspecified atom stereocenters. The van der Waals surface area contributed by atoms with Crippen molar-refractivity contribution in [2.45, 2.75) is 25.3 Å². The van der Waals surface area contributed by atoms with E-state index < -0.39 is 11.1 Å². The molecule has 3 heterocycles. The topological polar surface area (TPSA) is 104 Å². The van der Waals surface area contributed by atoms with Gasteiger partial charge >= 0.3 is 0 Å². The molecular formula is C23H25ClN6O3. The number of piperidine rings is 1. The van der Waals surface area contributed by atoms with E-state index in [1.54, 1.807) is 4.90 Å². The van der Waals surface area contributed by atoms with Crippen LogP contribution in [0.5, 0.6) is 0 Å². The fourth-order valence-corrected chi connectivity index (χ4v) is 4.13. The lowest BCUT2D eigenvalue weighted by atomic mass is 9.90. The van der Waals surface area contributed by atoms with E-state index in [4.69, 9.17) is 16.6 Å². The van der Waals surface area contributed by atoms with Gasteiger partial charge in [0.15, 0.2) is 0 Å². The van der Waals surface area contributed by atoms with Crippen molar-refractivity contribution in [3.63, 3.8) is 0 Å². The number of H-pyrrole nitrogens is 1. The minimum atomic E-state index is -0.427. The first kappa shape index (κ1) is 22.7. The number of carbonyl (C=O) groups excluding carboxylic acids is 1. The Hall–Kier alpha value is -3.46. The number of benzene rings is 1. The molecule has 0 saturated carbocycles. The molecule has 1 N–H and O–H groups in total. The maximum absolute atomic E-state index is 13.0. The Labute approximate surface area is 195 Å². The number of likely N-dealkylation sites (tertiary alicyclic amines) is 1. The Morgan fingerprint density at radius 3 is 2.67 bits per heavy atom. The molecule has 1 fully saturated rings. The summed E-state index contributed by atoms with van der Waals surface area (Å²) in [6, 6.07) is 9.84. The second kappa shape index (κ2) is 9.58. The van der Waals surface area contributed by atoms with Gasteiger partial charge in [0.05, 0.1) is 5.69 Å². The van der Waals surface area contributed by atoms with Gasteiger partial charge in [0.25, 0.3) is 11.1 Å². The van der Waals surface area contributed by atoms with Crippen LogP contribution < -0.4 is 16.0 Å². The third-order valence-electron chi connectivity index (χ3n) is 5.70. The van der Waals surface area contributed by atoms with Gasteiger partial charge in [-0.05, 0) is 30.5 Å². The minimum absolute atomic E-state index is 0.00150. The Kier molecular flexibility index (Phi) is 6.60. The number of aromatic amines is 1. The maximum Gasteiger partial charge on any atom is 0.265 e. The van der Waals surface area contributed by atoms with Crippen molar-refractivity contribution < 1.29 is 4.79 Å². The second-order valence-corrected chi connectivity index (χ2v) is 8.72. The number of halogens is 1. The molecule has 4 rings (SSSR count). The van der Waals surface area contributed by atoms with Crippen molar-refractivity contribution in [1.82, 2.24) is 24.6 Å². The summed E-state index contributed by atoms with van der Waals surface area (Å²) in [4.78, 5) is 49.4. The molecule has 0 spiro atoms. The van der Waals surface area contributed by atoms with Gasteiger partial charge in [-0.1, -0.05) is 23.7 Å². The molecule has 1 aromatic carbocycles. The van der Waals surface area contributed by atoms with Crippen LogP contribution >= 0.6 is 11.6 Å². The lowest BCUT2D eigenvalue weighted by molar-refractivity contribution is -0.133. The van der Waals surface area contributed by atoms with E-state index in [1.807, 2.05) is 49.5 Å². The molecule has 1 saturated heterocycles. The summed E-state index contributed by atoms with van der Waals surface area (Å²) in [6.07, 6.45) is 3.49. The molecule has 0 bridgehead atoms. The van der Waals surface area contributed by atoms with E-state index in [1.165, 1.54) is 0 Å². The SMILES string of the molecule is CN(C)c1ncc(-c2ccc(Cl)cc2)c([C@@H]2CCCN(C(=O)Cn3[nH]c(=O)ccc3=O)C2)n1. The number of hydrogen-bond acceptors (Lipinski definition) is 6. The molecule has 1 aliphatic rings. The number of aromatic nitrogens is 4. The van der Waals surface area contributed by atoms with Crippen LogP contribution in [0.4, 0.5) is 5.95 Å². The number of rotatable bonds is 5. The number of nitrogens with zero attached hydrogens (tertiary/aromatic N) is 5. The van der Waals surface area contributed by atoms with Crippen molar-refractivity contribution in [2.24, 2.45) is 0 Å². The highest BCUT2D eigenvalue weighted by atomic mass is 35.5. The van der Waals surface area contributed by atoms with Gasteiger partial charge in [0.2, 0.25) is 11.9 Å². The van der Waals surface area contributed by atoms with E-state index in [9.17, 15) is 14.4 Å². The number of nitrogens with one attached hydrogen (secondary N) is 1. The smallest absolute Gasteiger partial charge is 0.265 e. The van der Waals surface area contributed by atoms with Crippen molar-refractivity contribution in [3.8, 4) is 11.1 Å². The number of carbonyl (C=O) groups is 1. The fourth-order valence-electron chi connectivity index (χ4n) is 4.01. The normalized spacial score (nSPS) is 16.0. The van der Waals surface area contributed by atoms with E-state index in [0.29, 0.717) is 24.1 Å². The summed E-state index contributed by atoms with van der Waals surface area (Å²) in [5.41, 5.74) is 1.88. The van der Waals surface area contributed by atoms with Gasteiger partial charge < -0.3 is 9.80 Å². The molecule has 0 radical (unpaired) electrons. The lowest BCUT2D eigenvalue weighted by Crippen LogP contribution is -2.43. The van der Waals surface area contributed by atoms with Crippen molar-refractivity contribution in [2.75, 3.05) is 32.1 Å². The highest BCUT2D eigenvalue weighted by molar-refractivity contribution is 6.30. The van der Waals surface area contributed by atoms with Gasteiger partial charge in [0.1, 0.15) is 6.54 Å². The number of amides is 1. The molecule has 33 heavy (non-hydrogen) atoms. The third-order valence-corrected chi connectivity index (χ3v) is 5.96. The first-order valence-corrected chi connectivity index (χ1v) is 11.1. The van der Waals surface area contributed by atoms with Crippen LogP contribution in [0.2, 0.25) is 5.02 Å². The molecule has 9 nitrogen and oxygen atoms in total. The fraction of sp³-hybridized carbons (Fsp3) is 0.348.